The Labute approximate surface area is 325 Å². The first-order chi connectivity index (χ1) is 26.0. The van der Waals surface area contributed by atoms with E-state index in [4.69, 9.17) is 33.5 Å². The fourth-order valence-electron chi connectivity index (χ4n) is 5.67. The van der Waals surface area contributed by atoms with Gasteiger partial charge in [0.05, 0.1) is 12.2 Å². The summed E-state index contributed by atoms with van der Waals surface area (Å²) >= 11 is 0. The van der Waals surface area contributed by atoms with Crippen LogP contribution in [0.4, 0.5) is 0 Å². The van der Waals surface area contributed by atoms with Crippen molar-refractivity contribution in [3.8, 4) is 0 Å². The van der Waals surface area contributed by atoms with E-state index in [-0.39, 0.29) is 30.3 Å². The first kappa shape index (κ1) is 49.4. The minimum absolute atomic E-state index is 0.0869. The summed E-state index contributed by atoms with van der Waals surface area (Å²) in [5, 5.41) is 11.0. The molecule has 16 nitrogen and oxygen atoms in total. The van der Waals surface area contributed by atoms with E-state index in [1.165, 1.54) is 47.6 Å². The molecule has 0 saturated heterocycles. The standard InChI is InChI=1S/C39H64O16/c1-10-11-12-13-14-17-20-30-31(21-18-15-16-19-22-34(41)48-24(2)3)33(23-32(30)40)51-36(43)26(5)49-37(44)28(7)52-55-39(46)29(8)53-54-38(45)27(6)50-35(42)25(4)47-9/h15,18,24-33,40H,10-14,16-17,19-23H2,1-9H3/b18-15-/t25?,26?,27?,28?,29?,30-,31-,32-,33+/m1/s1. The minimum Gasteiger partial charge on any atom is -0.463 e. The van der Waals surface area contributed by atoms with Gasteiger partial charge in [-0.2, -0.15) is 9.78 Å². The third-order valence-corrected chi connectivity index (χ3v) is 9.00. The molecule has 16 heteroatoms. The fraction of sp³-hybridized carbons (Fsp3) is 0.795. The average Bonchev–Trinajstić information content (AvgIpc) is 3.43. The highest BCUT2D eigenvalue weighted by molar-refractivity contribution is 5.82. The van der Waals surface area contributed by atoms with E-state index >= 15 is 0 Å². The number of aliphatic hydroxyl groups is 1. The van der Waals surface area contributed by atoms with Crippen molar-refractivity contribution in [1.29, 1.82) is 0 Å². The van der Waals surface area contributed by atoms with E-state index < -0.39 is 72.6 Å². The number of allylic oxidation sites excluding steroid dienone is 2. The lowest BCUT2D eigenvalue weighted by atomic mass is 9.86. The molecule has 0 aliphatic heterocycles. The number of ether oxygens (including phenoxy) is 5. The molecule has 0 spiro atoms. The minimum atomic E-state index is -1.51. The quantitative estimate of drug-likeness (QED) is 0.0278. The van der Waals surface area contributed by atoms with E-state index in [1.807, 2.05) is 12.2 Å². The Morgan fingerprint density at radius 1 is 0.636 bits per heavy atom. The van der Waals surface area contributed by atoms with Gasteiger partial charge in [0, 0.05) is 25.9 Å². The topological polar surface area (TPSA) is 206 Å². The summed E-state index contributed by atoms with van der Waals surface area (Å²) in [6.45, 7) is 12.1. The Kier molecular flexibility index (Phi) is 24.3. The van der Waals surface area contributed by atoms with Crippen LogP contribution in [0.3, 0.4) is 0 Å². The Balaban J connectivity index is 2.68. The molecule has 0 amide bonds. The molecule has 0 bridgehead atoms. The van der Waals surface area contributed by atoms with Crippen LogP contribution < -0.4 is 0 Å². The molecule has 1 aliphatic carbocycles. The number of methoxy groups -OCH3 is 1. The van der Waals surface area contributed by atoms with Crippen molar-refractivity contribution in [2.75, 3.05) is 7.11 Å². The van der Waals surface area contributed by atoms with Gasteiger partial charge in [-0.3, -0.25) is 14.6 Å². The zero-order valence-corrected chi connectivity index (χ0v) is 34.0. The summed E-state index contributed by atoms with van der Waals surface area (Å²) in [6.07, 6.45) is 5.75. The van der Waals surface area contributed by atoms with E-state index in [2.05, 4.69) is 16.7 Å². The van der Waals surface area contributed by atoms with Crippen molar-refractivity contribution in [1.82, 2.24) is 0 Å². The van der Waals surface area contributed by atoms with Crippen LogP contribution in [0.5, 0.6) is 0 Å². The van der Waals surface area contributed by atoms with E-state index in [0.717, 1.165) is 39.0 Å². The summed E-state index contributed by atoms with van der Waals surface area (Å²) < 4.78 is 25.9. The normalized spacial score (nSPS) is 20.9. The molecule has 1 aliphatic rings. The van der Waals surface area contributed by atoms with Crippen LogP contribution in [0.2, 0.25) is 0 Å². The number of carbonyl (C=O) groups is 6. The smallest absolute Gasteiger partial charge is 0.382 e. The predicted molar refractivity (Wildman–Crippen MR) is 195 cm³/mol. The largest absolute Gasteiger partial charge is 0.463 e. The highest BCUT2D eigenvalue weighted by Crippen LogP contribution is 2.40. The first-order valence-electron chi connectivity index (χ1n) is 19.4. The molecule has 0 radical (unpaired) electrons. The Bertz CT molecular complexity index is 1220. The number of aliphatic hydroxyl groups excluding tert-OH is 1. The van der Waals surface area contributed by atoms with Gasteiger partial charge in [0.25, 0.3) is 0 Å². The van der Waals surface area contributed by atoms with Gasteiger partial charge in [-0.15, -0.1) is 0 Å². The highest BCUT2D eigenvalue weighted by Gasteiger charge is 2.44. The summed E-state index contributed by atoms with van der Waals surface area (Å²) in [6, 6.07) is 0. The van der Waals surface area contributed by atoms with Crippen LogP contribution in [-0.4, -0.2) is 96.9 Å². The van der Waals surface area contributed by atoms with Gasteiger partial charge in [0.2, 0.25) is 6.10 Å². The summed E-state index contributed by atoms with van der Waals surface area (Å²) in [4.78, 5) is 92.2. The summed E-state index contributed by atoms with van der Waals surface area (Å²) in [5.41, 5.74) is 0. The Morgan fingerprint density at radius 2 is 1.18 bits per heavy atom. The molecule has 1 fully saturated rings. The lowest BCUT2D eigenvalue weighted by Gasteiger charge is -2.25. The maximum atomic E-state index is 13.1. The molecule has 1 N–H and O–H groups in total. The third-order valence-electron chi connectivity index (χ3n) is 9.00. The molecule has 9 atom stereocenters. The zero-order valence-electron chi connectivity index (χ0n) is 34.0. The third kappa shape index (κ3) is 19.7. The molecule has 1 rings (SSSR count). The van der Waals surface area contributed by atoms with Gasteiger partial charge < -0.3 is 28.8 Å². The van der Waals surface area contributed by atoms with Crippen LogP contribution in [0.1, 0.15) is 132 Å². The van der Waals surface area contributed by atoms with Gasteiger partial charge in [-0.05, 0) is 80.1 Å². The first-order valence-corrected chi connectivity index (χ1v) is 19.4. The number of rotatable bonds is 27. The number of carbonyl (C=O) groups excluding carboxylic acids is 6. The molecule has 0 heterocycles. The predicted octanol–water partition coefficient (Wildman–Crippen LogP) is 5.34. The molecule has 316 valence electrons. The van der Waals surface area contributed by atoms with E-state index in [9.17, 15) is 33.9 Å². The van der Waals surface area contributed by atoms with Gasteiger partial charge in [0.15, 0.2) is 24.4 Å². The molecular weight excluding hydrogens is 724 g/mol. The maximum absolute atomic E-state index is 13.1. The van der Waals surface area contributed by atoms with Crippen molar-refractivity contribution >= 4 is 35.8 Å². The zero-order chi connectivity index (χ0) is 41.5. The van der Waals surface area contributed by atoms with E-state index in [1.54, 1.807) is 13.8 Å². The molecule has 0 aromatic heterocycles. The molecule has 0 aromatic carbocycles. The molecular formula is C39H64O16. The summed E-state index contributed by atoms with van der Waals surface area (Å²) in [5.74, 6) is -5.45. The van der Waals surface area contributed by atoms with Crippen LogP contribution >= 0.6 is 0 Å². The van der Waals surface area contributed by atoms with Crippen LogP contribution in [-0.2, 0) is 72.0 Å². The van der Waals surface area contributed by atoms with Gasteiger partial charge in [0.1, 0.15) is 6.10 Å². The van der Waals surface area contributed by atoms with Crippen LogP contribution in [0, 0.1) is 11.8 Å². The monoisotopic (exact) mass is 788 g/mol. The molecule has 5 unspecified atom stereocenters. The number of esters is 4. The maximum Gasteiger partial charge on any atom is 0.382 e. The van der Waals surface area contributed by atoms with Crippen molar-refractivity contribution in [3.63, 3.8) is 0 Å². The van der Waals surface area contributed by atoms with Crippen molar-refractivity contribution in [2.24, 2.45) is 11.8 Å². The second-order valence-corrected chi connectivity index (χ2v) is 14.1. The average molecular weight is 789 g/mol. The fourth-order valence-corrected chi connectivity index (χ4v) is 5.67. The van der Waals surface area contributed by atoms with Gasteiger partial charge in [-0.25, -0.2) is 24.0 Å². The van der Waals surface area contributed by atoms with Gasteiger partial charge in [-0.1, -0.05) is 57.6 Å². The SMILES string of the molecule is CCCCCCCC[C@@H]1[C@@H](C/C=C\CCCC(=O)OC(C)C)[C@@H](OC(=O)C(C)OC(=O)C(C)OOC(=O)C(C)OOC(=O)C(C)OC(=O)C(C)OC)C[C@H]1O. The molecule has 0 aromatic rings. The Morgan fingerprint density at radius 3 is 1.78 bits per heavy atom. The lowest BCUT2D eigenvalue weighted by molar-refractivity contribution is -0.328. The van der Waals surface area contributed by atoms with Crippen LogP contribution in [0.15, 0.2) is 12.2 Å². The van der Waals surface area contributed by atoms with Crippen molar-refractivity contribution in [2.45, 2.75) is 181 Å². The highest BCUT2D eigenvalue weighted by atomic mass is 17.2. The van der Waals surface area contributed by atoms with Crippen molar-refractivity contribution < 1.29 is 77.1 Å². The van der Waals surface area contributed by atoms with Crippen LogP contribution in [0.25, 0.3) is 0 Å². The van der Waals surface area contributed by atoms with E-state index in [0.29, 0.717) is 25.7 Å². The molecule has 55 heavy (non-hydrogen) atoms. The Hall–Kier alpha value is -3.60. The molecule has 1 saturated carbocycles. The number of hydrogen-bond donors (Lipinski definition) is 1. The number of unbranched alkanes of at least 4 members (excludes halogenated alkanes) is 6. The second-order valence-electron chi connectivity index (χ2n) is 14.1. The van der Waals surface area contributed by atoms with Gasteiger partial charge >= 0.3 is 35.8 Å². The van der Waals surface area contributed by atoms with Crippen molar-refractivity contribution in [3.05, 3.63) is 12.2 Å². The second kappa shape index (κ2) is 27.1. The number of hydrogen-bond acceptors (Lipinski definition) is 16. The summed E-state index contributed by atoms with van der Waals surface area (Å²) in [7, 11) is 1.29. The lowest BCUT2D eigenvalue weighted by Crippen LogP contribution is -2.36.